The topological polar surface area (TPSA) is 184 Å². The number of H-pyrrole nitrogens is 1. The fourth-order valence-electron chi connectivity index (χ4n) is 7.59. The van der Waals surface area contributed by atoms with E-state index in [9.17, 15) is 24.3 Å². The molecule has 4 unspecified atom stereocenters. The van der Waals surface area contributed by atoms with Crippen LogP contribution in [0.25, 0.3) is 32.9 Å². The predicted molar refractivity (Wildman–Crippen MR) is 201 cm³/mol. The van der Waals surface area contributed by atoms with Gasteiger partial charge in [0.05, 0.1) is 13.2 Å². The molecule has 3 aromatic heterocycles. The number of para-hydroxylation sites is 1. The lowest BCUT2D eigenvalue weighted by atomic mass is 10.0. The summed E-state index contributed by atoms with van der Waals surface area (Å²) in [6.45, 7) is 0.0626. The Morgan fingerprint density at radius 2 is 1.87 bits per heavy atom. The number of benzene rings is 2. The van der Waals surface area contributed by atoms with Crippen molar-refractivity contribution in [3.63, 3.8) is 0 Å². The number of rotatable bonds is 7. The summed E-state index contributed by atoms with van der Waals surface area (Å²) in [5.41, 5.74) is 1.58. The van der Waals surface area contributed by atoms with E-state index >= 15 is 0 Å². The van der Waals surface area contributed by atoms with Crippen LogP contribution in [0.15, 0.2) is 78.3 Å². The lowest BCUT2D eigenvalue weighted by Crippen LogP contribution is -2.56. The molecule has 5 atom stereocenters. The Balaban J connectivity index is 1.14. The molecule has 54 heavy (non-hydrogen) atoms. The number of nitrogens with zero attached hydrogens (tertiary/aromatic N) is 5. The summed E-state index contributed by atoms with van der Waals surface area (Å²) in [6, 6.07) is 14.2. The van der Waals surface area contributed by atoms with Gasteiger partial charge in [-0.05, 0) is 62.1 Å². The fraction of sp³-hybridized carbons (Fsp3) is 0.359. The van der Waals surface area contributed by atoms with Crippen LogP contribution in [0.1, 0.15) is 61.5 Å². The number of methoxy groups -OCH3 is 1. The average Bonchev–Trinajstić information content (AvgIpc) is 3.79. The first kappa shape index (κ1) is 35.2. The summed E-state index contributed by atoms with van der Waals surface area (Å²) in [6.07, 6.45) is 9.35. The minimum atomic E-state index is -1.45. The Morgan fingerprint density at radius 3 is 2.63 bits per heavy atom. The number of nitrogens with one attached hydrogen (secondary N) is 3. The van der Waals surface area contributed by atoms with Crippen molar-refractivity contribution in [2.75, 3.05) is 13.7 Å². The Labute approximate surface area is 314 Å². The van der Waals surface area contributed by atoms with E-state index in [1.807, 2.05) is 66.1 Å². The van der Waals surface area contributed by atoms with Crippen LogP contribution in [0, 0.1) is 5.92 Å². The van der Waals surface area contributed by atoms with Crippen molar-refractivity contribution in [1.82, 2.24) is 40.5 Å². The molecule has 2 fully saturated rings. The zero-order chi connectivity index (χ0) is 37.4. The molecule has 5 aromatic rings. The fourth-order valence-corrected chi connectivity index (χ4v) is 8.21. The second-order valence-corrected chi connectivity index (χ2v) is 15.0. The molecule has 4 N–H and O–H groups in total. The molecular weight excluding hydrogens is 709 g/mol. The number of ether oxygens (including phenoxy) is 1. The Hall–Kier alpha value is -5.83. The number of carbonyl (C=O) groups is 4. The maximum atomic E-state index is 14.7. The molecule has 1 saturated carbocycles. The first-order valence-corrected chi connectivity index (χ1v) is 19.0. The van der Waals surface area contributed by atoms with Gasteiger partial charge in [-0.3, -0.25) is 14.4 Å². The largest absolute Gasteiger partial charge is 0.497 e. The summed E-state index contributed by atoms with van der Waals surface area (Å²) in [7, 11) is 1.59. The zero-order valence-corrected chi connectivity index (χ0v) is 30.4. The first-order chi connectivity index (χ1) is 26.2. The molecule has 2 aliphatic heterocycles. The second kappa shape index (κ2) is 14.5. The summed E-state index contributed by atoms with van der Waals surface area (Å²) in [5, 5.41) is 29.2. The number of carbonyl (C=O) groups excluding carboxylic acids is 3. The van der Waals surface area contributed by atoms with Crippen LogP contribution in [0.4, 0.5) is 0 Å². The van der Waals surface area contributed by atoms with E-state index < -0.39 is 47.4 Å². The number of carboxylic acid groups (broad SMARTS) is 1. The summed E-state index contributed by atoms with van der Waals surface area (Å²) in [4.78, 5) is 65.8. The predicted octanol–water partition coefficient (Wildman–Crippen LogP) is 4.98. The van der Waals surface area contributed by atoms with Crippen molar-refractivity contribution < 1.29 is 29.0 Å². The number of aromatic nitrogens is 5. The maximum absolute atomic E-state index is 14.7. The van der Waals surface area contributed by atoms with E-state index in [-0.39, 0.29) is 25.3 Å². The van der Waals surface area contributed by atoms with Gasteiger partial charge >= 0.3 is 5.97 Å². The van der Waals surface area contributed by atoms with Crippen LogP contribution >= 0.6 is 11.3 Å². The number of aliphatic carboxylic acids is 1. The van der Waals surface area contributed by atoms with Gasteiger partial charge < -0.3 is 30.4 Å². The molecule has 0 spiro atoms. The molecule has 1 aliphatic carbocycles. The highest BCUT2D eigenvalue weighted by molar-refractivity contribution is 7.13. The SMILES string of the molecule is COc1ccc(-c2nn([C@@H]3CC4C(=O)NC5(C(=O)O)CC5/C=C\CCCCCC(NC(=O)c5cc6ccccc6[nH]5)C(=O)N4C3)nc2-c2nccs2)cc1. The molecule has 278 valence electrons. The normalized spacial score (nSPS) is 25.2. The molecule has 3 aliphatic rings. The lowest BCUT2D eigenvalue weighted by molar-refractivity contribution is -0.145. The van der Waals surface area contributed by atoms with Gasteiger partial charge in [-0.25, -0.2) is 9.78 Å². The Bertz CT molecular complexity index is 2200. The average molecular weight is 749 g/mol. The first-order valence-electron chi connectivity index (χ1n) is 18.2. The second-order valence-electron chi connectivity index (χ2n) is 14.1. The van der Waals surface area contributed by atoms with Crippen molar-refractivity contribution in [3.05, 3.63) is 84.0 Å². The van der Waals surface area contributed by atoms with Crippen LogP contribution in [0.2, 0.25) is 0 Å². The highest BCUT2D eigenvalue weighted by Crippen LogP contribution is 2.46. The highest BCUT2D eigenvalue weighted by Gasteiger charge is 2.61. The third-order valence-corrected chi connectivity index (χ3v) is 11.5. The minimum absolute atomic E-state index is 0.0626. The molecule has 0 radical (unpaired) electrons. The molecule has 8 rings (SSSR count). The molecule has 1 saturated heterocycles. The number of fused-ring (bicyclic) bond motifs is 3. The number of aromatic amines is 1. The monoisotopic (exact) mass is 748 g/mol. The van der Waals surface area contributed by atoms with Gasteiger partial charge in [0.2, 0.25) is 11.8 Å². The van der Waals surface area contributed by atoms with Gasteiger partial charge in [-0.1, -0.05) is 43.2 Å². The van der Waals surface area contributed by atoms with Crippen LogP contribution in [-0.4, -0.2) is 89.9 Å². The van der Waals surface area contributed by atoms with E-state index in [2.05, 4.69) is 20.6 Å². The summed E-state index contributed by atoms with van der Waals surface area (Å²) in [5.74, 6) is -2.20. The Morgan fingerprint density at radius 1 is 1.06 bits per heavy atom. The maximum Gasteiger partial charge on any atom is 0.330 e. The Kier molecular flexibility index (Phi) is 9.48. The van der Waals surface area contributed by atoms with E-state index in [4.69, 9.17) is 14.9 Å². The van der Waals surface area contributed by atoms with Crippen molar-refractivity contribution >= 4 is 45.9 Å². The van der Waals surface area contributed by atoms with E-state index in [0.29, 0.717) is 40.7 Å². The van der Waals surface area contributed by atoms with Crippen molar-refractivity contribution in [1.29, 1.82) is 0 Å². The number of hydrogen-bond acceptors (Lipinski definition) is 9. The smallest absolute Gasteiger partial charge is 0.330 e. The van der Waals surface area contributed by atoms with Crippen LogP contribution in [-0.2, 0) is 14.4 Å². The van der Waals surface area contributed by atoms with Gasteiger partial charge in [-0.2, -0.15) is 9.90 Å². The lowest BCUT2D eigenvalue weighted by Gasteiger charge is -2.29. The molecule has 3 amide bonds. The number of thiazole rings is 1. The van der Waals surface area contributed by atoms with Crippen LogP contribution in [0.3, 0.4) is 0 Å². The number of amides is 3. The van der Waals surface area contributed by atoms with E-state index in [1.165, 1.54) is 21.0 Å². The molecule has 15 heteroatoms. The summed E-state index contributed by atoms with van der Waals surface area (Å²) < 4.78 is 5.35. The van der Waals surface area contributed by atoms with Crippen LogP contribution < -0.4 is 15.4 Å². The van der Waals surface area contributed by atoms with Gasteiger partial charge in [0.1, 0.15) is 45.5 Å². The zero-order valence-electron chi connectivity index (χ0n) is 29.6. The number of hydrogen-bond donors (Lipinski definition) is 4. The molecular formula is C39H40N8O6S. The third-order valence-electron chi connectivity index (χ3n) is 10.7. The van der Waals surface area contributed by atoms with Gasteiger partial charge in [0.15, 0.2) is 0 Å². The number of carboxylic acids is 1. The third kappa shape index (κ3) is 6.75. The quantitative estimate of drug-likeness (QED) is 0.167. The number of allylic oxidation sites excluding steroid dienone is 1. The molecule has 0 bridgehead atoms. The van der Waals surface area contributed by atoms with Gasteiger partial charge in [0, 0.05) is 46.9 Å². The highest BCUT2D eigenvalue weighted by atomic mass is 32.1. The van der Waals surface area contributed by atoms with Crippen molar-refractivity contribution in [3.8, 4) is 27.7 Å². The van der Waals surface area contributed by atoms with Gasteiger partial charge in [0.25, 0.3) is 5.91 Å². The van der Waals surface area contributed by atoms with E-state index in [1.54, 1.807) is 19.4 Å². The standard InChI is InChI=1S/C39H40N8O6S/c1-53-27-15-13-23(14-16-27)32-33(36-40-17-18-54-36)45-47(44-32)26-20-31-35(49)43-39(38(51)52)21-25(39)10-5-3-2-4-6-12-29(37(50)46(31)22-26)42-34(48)30-19-24-9-7-8-11-28(24)41-30/h5,7-11,13-19,25-26,29,31,41H,2-4,6,12,20-22H2,1H3,(H,42,48)(H,43,49)(H,51,52)/b10-5-/t25?,26-,29?,31?,39?/m1/s1. The minimum Gasteiger partial charge on any atom is -0.497 e. The molecule has 2 aromatic carbocycles. The van der Waals surface area contributed by atoms with E-state index in [0.717, 1.165) is 35.7 Å². The molecule has 5 heterocycles. The summed E-state index contributed by atoms with van der Waals surface area (Å²) >= 11 is 1.42. The van der Waals surface area contributed by atoms with Gasteiger partial charge in [-0.15, -0.1) is 16.4 Å². The van der Waals surface area contributed by atoms with Crippen LogP contribution in [0.5, 0.6) is 5.75 Å². The molecule has 14 nitrogen and oxygen atoms in total. The van der Waals surface area contributed by atoms with Crippen molar-refractivity contribution in [2.24, 2.45) is 5.92 Å². The van der Waals surface area contributed by atoms with Crippen molar-refractivity contribution in [2.45, 2.75) is 68.6 Å².